The lowest BCUT2D eigenvalue weighted by molar-refractivity contribution is 0.00524. The molecule has 1 spiro atoms. The molecule has 6 nitrogen and oxygen atoms in total. The van der Waals surface area contributed by atoms with Crippen molar-refractivity contribution in [3.05, 3.63) is 29.8 Å². The van der Waals surface area contributed by atoms with Gasteiger partial charge in [0.15, 0.2) is 0 Å². The predicted octanol–water partition coefficient (Wildman–Crippen LogP) is 1.74. The van der Waals surface area contributed by atoms with Crippen molar-refractivity contribution in [1.29, 1.82) is 0 Å². The number of benzene rings is 1. The second kappa shape index (κ2) is 7.55. The summed E-state index contributed by atoms with van der Waals surface area (Å²) in [6, 6.07) is 6.53. The van der Waals surface area contributed by atoms with Crippen molar-refractivity contribution in [3.8, 4) is 5.75 Å². The van der Waals surface area contributed by atoms with Gasteiger partial charge in [-0.3, -0.25) is 9.69 Å². The molecule has 26 heavy (non-hydrogen) atoms. The van der Waals surface area contributed by atoms with Crippen LogP contribution < -0.4 is 0 Å². The molecule has 0 radical (unpaired) electrons. The molecule has 0 saturated carbocycles. The lowest BCUT2D eigenvalue weighted by Crippen LogP contribution is -2.44. The predicted molar refractivity (Wildman–Crippen MR) is 97.3 cm³/mol. The van der Waals surface area contributed by atoms with Crippen LogP contribution in [-0.4, -0.2) is 79.5 Å². The summed E-state index contributed by atoms with van der Waals surface area (Å²) in [5.74, 6) is 0.247. The van der Waals surface area contributed by atoms with E-state index in [1.54, 1.807) is 24.3 Å². The Morgan fingerprint density at radius 1 is 1.12 bits per heavy atom. The van der Waals surface area contributed by atoms with Crippen LogP contribution in [0.15, 0.2) is 24.3 Å². The highest BCUT2D eigenvalue weighted by molar-refractivity contribution is 5.94. The number of phenolic OH excluding ortho intramolecular Hbond substituents is 1. The van der Waals surface area contributed by atoms with E-state index in [0.717, 1.165) is 71.8 Å². The number of likely N-dealkylation sites (tertiary alicyclic amines) is 1. The van der Waals surface area contributed by atoms with Gasteiger partial charge >= 0.3 is 0 Å². The van der Waals surface area contributed by atoms with Gasteiger partial charge in [0, 0.05) is 38.3 Å². The van der Waals surface area contributed by atoms with Crippen LogP contribution in [0, 0.1) is 5.41 Å². The lowest BCUT2D eigenvalue weighted by Gasteiger charge is -2.38. The molecule has 142 valence electrons. The van der Waals surface area contributed by atoms with Crippen molar-refractivity contribution in [2.45, 2.75) is 25.4 Å². The van der Waals surface area contributed by atoms with E-state index in [1.807, 2.05) is 4.90 Å². The van der Waals surface area contributed by atoms with Crippen LogP contribution in [-0.2, 0) is 9.47 Å². The molecule has 1 N–H and O–H groups in total. The molecule has 4 rings (SSSR count). The monoisotopic (exact) mass is 360 g/mol. The van der Waals surface area contributed by atoms with Gasteiger partial charge in [-0.15, -0.1) is 0 Å². The number of hydrogen-bond donors (Lipinski definition) is 1. The van der Waals surface area contributed by atoms with Crippen molar-refractivity contribution >= 4 is 5.91 Å². The molecule has 3 saturated heterocycles. The average molecular weight is 360 g/mol. The largest absolute Gasteiger partial charge is 0.508 e. The number of amides is 1. The first-order valence-electron chi connectivity index (χ1n) is 9.64. The first kappa shape index (κ1) is 17.8. The summed E-state index contributed by atoms with van der Waals surface area (Å²) < 4.78 is 11.5. The number of phenols is 1. The summed E-state index contributed by atoms with van der Waals surface area (Å²) >= 11 is 0. The molecule has 1 unspecified atom stereocenters. The van der Waals surface area contributed by atoms with Crippen molar-refractivity contribution in [3.63, 3.8) is 0 Å². The molecule has 6 heteroatoms. The van der Waals surface area contributed by atoms with E-state index in [0.29, 0.717) is 11.7 Å². The normalized spacial score (nSPS) is 26.3. The number of morpholine rings is 1. The average Bonchev–Trinajstić information content (AvgIpc) is 3.05. The van der Waals surface area contributed by atoms with Crippen LogP contribution >= 0.6 is 0 Å². The number of carbonyl (C=O) groups excluding carboxylic acids is 1. The van der Waals surface area contributed by atoms with Gasteiger partial charge in [0.2, 0.25) is 0 Å². The van der Waals surface area contributed by atoms with Gasteiger partial charge in [0.05, 0.1) is 25.9 Å². The summed E-state index contributed by atoms with van der Waals surface area (Å²) in [6.45, 7) is 7.05. The zero-order valence-electron chi connectivity index (χ0n) is 15.2. The molecule has 1 amide bonds. The first-order valence-corrected chi connectivity index (χ1v) is 9.64. The third-order valence-electron chi connectivity index (χ3n) is 6.08. The Hall–Kier alpha value is -1.63. The standard InChI is InChI=1S/C20H28N2O4/c23-17-3-1-16(2-4-17)19(24)22-7-5-20(6-8-22)13-18(26-15-20)14-21-9-11-25-12-10-21/h1-4,18,23H,5-15H2. The fourth-order valence-corrected chi connectivity index (χ4v) is 4.40. The molecule has 0 aromatic heterocycles. The summed E-state index contributed by atoms with van der Waals surface area (Å²) in [4.78, 5) is 17.0. The Morgan fingerprint density at radius 2 is 1.81 bits per heavy atom. The number of piperidine rings is 1. The van der Waals surface area contributed by atoms with Crippen LogP contribution in [0.1, 0.15) is 29.6 Å². The number of rotatable bonds is 3. The molecule has 0 bridgehead atoms. The fourth-order valence-electron chi connectivity index (χ4n) is 4.40. The molecule has 3 aliphatic rings. The van der Waals surface area contributed by atoms with E-state index in [1.165, 1.54) is 0 Å². The van der Waals surface area contributed by atoms with E-state index in [4.69, 9.17) is 9.47 Å². The quantitative estimate of drug-likeness (QED) is 0.890. The Labute approximate surface area is 154 Å². The molecule has 1 atom stereocenters. The van der Waals surface area contributed by atoms with E-state index in [9.17, 15) is 9.90 Å². The second-order valence-electron chi connectivity index (χ2n) is 7.89. The van der Waals surface area contributed by atoms with E-state index in [2.05, 4.69) is 4.90 Å². The van der Waals surface area contributed by atoms with Crippen molar-refractivity contribution in [2.75, 3.05) is 52.5 Å². The number of carbonyl (C=O) groups is 1. The number of hydrogen-bond acceptors (Lipinski definition) is 5. The Morgan fingerprint density at radius 3 is 2.50 bits per heavy atom. The van der Waals surface area contributed by atoms with Gasteiger partial charge in [0.25, 0.3) is 5.91 Å². The van der Waals surface area contributed by atoms with Crippen LogP contribution in [0.4, 0.5) is 0 Å². The minimum atomic E-state index is 0.0589. The number of nitrogens with zero attached hydrogens (tertiary/aromatic N) is 2. The summed E-state index contributed by atoms with van der Waals surface area (Å²) in [6.07, 6.45) is 3.44. The molecule has 3 heterocycles. The third kappa shape index (κ3) is 3.87. The van der Waals surface area contributed by atoms with Gasteiger partial charge in [-0.05, 0) is 48.9 Å². The minimum Gasteiger partial charge on any atom is -0.508 e. The highest BCUT2D eigenvalue weighted by Gasteiger charge is 2.43. The SMILES string of the molecule is O=C(c1ccc(O)cc1)N1CCC2(CC1)COC(CN1CCOCC1)C2. The highest BCUT2D eigenvalue weighted by Crippen LogP contribution is 2.42. The van der Waals surface area contributed by atoms with Gasteiger partial charge < -0.3 is 19.5 Å². The number of aromatic hydroxyl groups is 1. The molecular weight excluding hydrogens is 332 g/mol. The van der Waals surface area contributed by atoms with Crippen LogP contribution in [0.5, 0.6) is 5.75 Å². The lowest BCUT2D eigenvalue weighted by atomic mass is 9.76. The zero-order valence-corrected chi connectivity index (χ0v) is 15.2. The van der Waals surface area contributed by atoms with Crippen molar-refractivity contribution < 1.29 is 19.4 Å². The van der Waals surface area contributed by atoms with E-state index in [-0.39, 0.29) is 17.1 Å². The first-order chi connectivity index (χ1) is 12.6. The zero-order chi connectivity index (χ0) is 18.0. The second-order valence-corrected chi connectivity index (χ2v) is 7.89. The van der Waals surface area contributed by atoms with Crippen molar-refractivity contribution in [2.24, 2.45) is 5.41 Å². The summed E-state index contributed by atoms with van der Waals surface area (Å²) in [7, 11) is 0. The molecule has 0 aliphatic carbocycles. The van der Waals surface area contributed by atoms with Crippen LogP contribution in [0.25, 0.3) is 0 Å². The maximum absolute atomic E-state index is 12.6. The Balaban J connectivity index is 1.29. The maximum Gasteiger partial charge on any atom is 0.253 e. The molecule has 3 aliphatic heterocycles. The van der Waals surface area contributed by atoms with Crippen molar-refractivity contribution in [1.82, 2.24) is 9.80 Å². The molecular formula is C20H28N2O4. The smallest absolute Gasteiger partial charge is 0.253 e. The summed E-state index contributed by atoms with van der Waals surface area (Å²) in [5, 5.41) is 9.38. The molecule has 1 aromatic carbocycles. The van der Waals surface area contributed by atoms with Crippen LogP contribution in [0.2, 0.25) is 0 Å². The minimum absolute atomic E-state index is 0.0589. The van der Waals surface area contributed by atoms with Gasteiger partial charge in [-0.1, -0.05) is 0 Å². The molecule has 1 aromatic rings. The van der Waals surface area contributed by atoms with Gasteiger partial charge in [0.1, 0.15) is 5.75 Å². The van der Waals surface area contributed by atoms with Gasteiger partial charge in [-0.2, -0.15) is 0 Å². The fraction of sp³-hybridized carbons (Fsp3) is 0.650. The Kier molecular flexibility index (Phi) is 5.16. The van der Waals surface area contributed by atoms with Gasteiger partial charge in [-0.25, -0.2) is 0 Å². The summed E-state index contributed by atoms with van der Waals surface area (Å²) in [5.41, 5.74) is 0.884. The van der Waals surface area contributed by atoms with E-state index < -0.39 is 0 Å². The number of ether oxygens (including phenoxy) is 2. The Bertz CT molecular complexity index is 619. The van der Waals surface area contributed by atoms with Crippen LogP contribution in [0.3, 0.4) is 0 Å². The maximum atomic E-state index is 12.6. The third-order valence-corrected chi connectivity index (χ3v) is 6.08. The highest BCUT2D eigenvalue weighted by atomic mass is 16.5. The molecule has 3 fully saturated rings. The topological polar surface area (TPSA) is 62.2 Å². The van der Waals surface area contributed by atoms with E-state index >= 15 is 0 Å².